The molecule has 27 aromatic rings. The standard InChI is InChI=1S/3C41H25N3O/c1-2-11-29(12-3-1)39-42-40(30-20-17-27(18-21-30)32-22-19-26-9-4-5-13-31(26)25-32)44-41(43-39)34-15-8-16-35-38(34)37-33-14-7-6-10-28(33)23-24-36(37)45-35;1-2-10-28(11-3-1)39-42-40(29-20-17-27(18-21-29)33-22-19-26-9-4-5-12-30(26)23-33)44-41(43-39)35-16-8-15-34-36-24-31-13-6-7-14-32(31)25-37(36)45-38(34)35;1-2-9-28(10-3-1)39-42-40(29-17-14-27(15-18-29)33-19-16-26-8-4-5-11-30(26)22-33)44-41(43-39)34-20-21-35-36-23-31-12-6-7-13-32(31)24-38(36)45-37(35)25-34/h3*1-25H. The molecule has 0 bridgehead atoms. The third kappa shape index (κ3) is 15.1. The lowest BCUT2D eigenvalue weighted by atomic mass is 10.00. The van der Waals surface area contributed by atoms with Crippen molar-refractivity contribution in [2.45, 2.75) is 0 Å². The normalized spacial score (nSPS) is 11.6. The molecule has 6 aromatic heterocycles. The van der Waals surface area contributed by atoms with Gasteiger partial charge in [-0.25, -0.2) is 44.9 Å². The van der Waals surface area contributed by atoms with Crippen molar-refractivity contribution in [2.75, 3.05) is 0 Å². The molecule has 21 aromatic carbocycles. The lowest BCUT2D eigenvalue weighted by molar-refractivity contribution is 0.669. The van der Waals surface area contributed by atoms with Crippen LogP contribution in [0.15, 0.2) is 468 Å². The summed E-state index contributed by atoms with van der Waals surface area (Å²) in [5.41, 5.74) is 20.1. The summed E-state index contributed by atoms with van der Waals surface area (Å²) >= 11 is 0. The maximum absolute atomic E-state index is 6.53. The molecule has 12 nitrogen and oxygen atoms in total. The van der Waals surface area contributed by atoms with Crippen LogP contribution in [0.4, 0.5) is 0 Å². The predicted molar refractivity (Wildman–Crippen MR) is 552 cm³/mol. The minimum Gasteiger partial charge on any atom is -0.456 e. The van der Waals surface area contributed by atoms with Crippen LogP contribution in [0.5, 0.6) is 0 Å². The molecule has 27 rings (SSSR count). The Morgan fingerprint density at radius 2 is 0.415 bits per heavy atom. The molecule has 0 fully saturated rings. The summed E-state index contributed by atoms with van der Waals surface area (Å²) in [4.78, 5) is 44.9. The van der Waals surface area contributed by atoms with E-state index in [1.807, 2.05) is 133 Å². The molecular weight excluding hydrogens is 1650 g/mol. The average molecular weight is 1730 g/mol. The van der Waals surface area contributed by atoms with Gasteiger partial charge in [0.2, 0.25) is 0 Å². The van der Waals surface area contributed by atoms with E-state index in [0.29, 0.717) is 52.4 Å². The lowest BCUT2D eigenvalue weighted by Crippen LogP contribution is -2.00. The van der Waals surface area contributed by atoms with Gasteiger partial charge in [0, 0.05) is 76.8 Å². The molecule has 0 amide bonds. The molecule has 0 aliphatic heterocycles. The van der Waals surface area contributed by atoms with Crippen LogP contribution in [0.2, 0.25) is 0 Å². The molecule has 0 aliphatic carbocycles. The second kappa shape index (κ2) is 33.6. The molecule has 6 heterocycles. The number of hydrogen-bond acceptors (Lipinski definition) is 12. The fourth-order valence-corrected chi connectivity index (χ4v) is 18.6. The highest BCUT2D eigenvalue weighted by atomic mass is 16.3. The summed E-state index contributed by atoms with van der Waals surface area (Å²) in [6, 6.07) is 157. The fraction of sp³-hybridized carbons (Fsp3) is 0. The number of para-hydroxylation sites is 1. The van der Waals surface area contributed by atoms with Gasteiger partial charge in [-0.3, -0.25) is 0 Å². The summed E-state index contributed by atoms with van der Waals surface area (Å²) in [5.74, 6) is 5.53. The molecule has 630 valence electrons. The fourth-order valence-electron chi connectivity index (χ4n) is 18.6. The molecule has 0 saturated carbocycles. The van der Waals surface area contributed by atoms with Crippen LogP contribution in [0.1, 0.15) is 0 Å². The third-order valence-corrected chi connectivity index (χ3v) is 25.5. The van der Waals surface area contributed by atoms with Gasteiger partial charge in [-0.2, -0.15) is 0 Å². The Morgan fingerprint density at radius 1 is 0.126 bits per heavy atom. The van der Waals surface area contributed by atoms with E-state index in [9.17, 15) is 0 Å². The summed E-state index contributed by atoms with van der Waals surface area (Å²) in [6.45, 7) is 0. The van der Waals surface area contributed by atoms with Crippen molar-refractivity contribution in [3.63, 3.8) is 0 Å². The monoisotopic (exact) mass is 1730 g/mol. The van der Waals surface area contributed by atoms with Gasteiger partial charge in [-0.1, -0.05) is 382 Å². The molecule has 0 N–H and O–H groups in total. The number of hydrogen-bond donors (Lipinski definition) is 0. The smallest absolute Gasteiger partial charge is 0.167 e. The second-order valence-electron chi connectivity index (χ2n) is 33.9. The van der Waals surface area contributed by atoms with E-state index >= 15 is 0 Å². The molecule has 0 unspecified atom stereocenters. The van der Waals surface area contributed by atoms with Crippen LogP contribution in [0.25, 0.3) is 266 Å². The van der Waals surface area contributed by atoms with Crippen molar-refractivity contribution in [3.8, 4) is 136 Å². The van der Waals surface area contributed by atoms with Crippen LogP contribution in [-0.2, 0) is 0 Å². The van der Waals surface area contributed by atoms with Gasteiger partial charge in [0.05, 0.1) is 5.56 Å². The van der Waals surface area contributed by atoms with Crippen molar-refractivity contribution in [1.29, 1.82) is 0 Å². The maximum Gasteiger partial charge on any atom is 0.167 e. The number of furan rings is 3. The van der Waals surface area contributed by atoms with Crippen molar-refractivity contribution in [1.82, 2.24) is 44.9 Å². The van der Waals surface area contributed by atoms with Gasteiger partial charge in [0.15, 0.2) is 52.4 Å². The van der Waals surface area contributed by atoms with Crippen LogP contribution in [0, 0.1) is 0 Å². The summed E-state index contributed by atoms with van der Waals surface area (Å²) < 4.78 is 19.3. The summed E-state index contributed by atoms with van der Waals surface area (Å²) in [6.07, 6.45) is 0. The first-order chi connectivity index (χ1) is 66.8. The van der Waals surface area contributed by atoms with E-state index in [2.05, 4.69) is 322 Å². The van der Waals surface area contributed by atoms with E-state index in [1.165, 1.54) is 59.8 Å². The van der Waals surface area contributed by atoms with E-state index in [1.54, 1.807) is 0 Å². The largest absolute Gasteiger partial charge is 0.456 e. The molecule has 0 radical (unpaired) electrons. The van der Waals surface area contributed by atoms with Crippen LogP contribution in [0.3, 0.4) is 0 Å². The Balaban J connectivity index is 0.000000108. The van der Waals surface area contributed by atoms with Gasteiger partial charge in [0.1, 0.15) is 33.5 Å². The number of aromatic nitrogens is 9. The first-order valence-corrected chi connectivity index (χ1v) is 45.1. The molecule has 0 saturated heterocycles. The van der Waals surface area contributed by atoms with E-state index in [4.69, 9.17) is 58.1 Å². The first kappa shape index (κ1) is 78.8. The number of nitrogens with zero attached hydrogens (tertiary/aromatic N) is 9. The van der Waals surface area contributed by atoms with E-state index in [-0.39, 0.29) is 0 Å². The van der Waals surface area contributed by atoms with Gasteiger partial charge < -0.3 is 13.3 Å². The van der Waals surface area contributed by atoms with Crippen LogP contribution >= 0.6 is 0 Å². The zero-order valence-electron chi connectivity index (χ0n) is 72.6. The zero-order chi connectivity index (χ0) is 89.2. The van der Waals surface area contributed by atoms with Crippen molar-refractivity contribution in [2.24, 2.45) is 0 Å². The average Bonchev–Trinajstić information content (AvgIpc) is 1.44. The van der Waals surface area contributed by atoms with Crippen LogP contribution < -0.4 is 0 Å². The highest BCUT2D eigenvalue weighted by Crippen LogP contribution is 2.44. The van der Waals surface area contributed by atoms with Gasteiger partial charge >= 0.3 is 0 Å². The van der Waals surface area contributed by atoms with Crippen molar-refractivity contribution < 1.29 is 13.3 Å². The summed E-state index contributed by atoms with van der Waals surface area (Å²) in [7, 11) is 0. The minimum atomic E-state index is 0.576. The van der Waals surface area contributed by atoms with Gasteiger partial charge in [-0.05, 0) is 171 Å². The highest BCUT2D eigenvalue weighted by molar-refractivity contribution is 6.23. The Bertz CT molecular complexity index is 9310. The quantitative estimate of drug-likeness (QED) is 0.114. The topological polar surface area (TPSA) is 155 Å². The second-order valence-corrected chi connectivity index (χ2v) is 33.9. The van der Waals surface area contributed by atoms with E-state index in [0.717, 1.165) is 154 Å². The Kier molecular flexibility index (Phi) is 19.6. The molecular formula is C123H75N9O3. The number of benzene rings is 21. The zero-order valence-corrected chi connectivity index (χ0v) is 72.6. The highest BCUT2D eigenvalue weighted by Gasteiger charge is 2.24. The number of rotatable bonds is 12. The molecule has 0 spiro atoms. The Morgan fingerprint density at radius 3 is 0.867 bits per heavy atom. The molecule has 0 aliphatic rings. The van der Waals surface area contributed by atoms with Crippen LogP contribution in [-0.4, -0.2) is 44.9 Å². The van der Waals surface area contributed by atoms with Gasteiger partial charge in [-0.15, -0.1) is 0 Å². The lowest BCUT2D eigenvalue weighted by Gasteiger charge is -2.10. The molecule has 0 atom stereocenters. The first-order valence-electron chi connectivity index (χ1n) is 45.1. The van der Waals surface area contributed by atoms with Crippen molar-refractivity contribution >= 4 is 130 Å². The molecule has 135 heavy (non-hydrogen) atoms. The van der Waals surface area contributed by atoms with Crippen molar-refractivity contribution in [3.05, 3.63) is 455 Å². The third-order valence-electron chi connectivity index (χ3n) is 25.5. The maximum atomic E-state index is 6.53. The summed E-state index contributed by atoms with van der Waals surface area (Å²) in [5, 5.41) is 20.7. The number of fused-ring (bicyclic) bond motifs is 16. The molecule has 12 heteroatoms. The Hall–Kier alpha value is -18.4. The SMILES string of the molecule is c1ccc(-c2nc(-c3ccc(-c4ccc5ccccc5c4)cc3)nc(-c3ccc4c(c3)oc3cc5ccccc5cc34)n2)cc1.c1ccc(-c2nc(-c3ccc(-c4ccc5ccccc5c4)cc3)nc(-c3cccc4c3oc3cc5ccccc5cc34)n2)cc1.c1ccc(-c2nc(-c3ccc(-c4ccc5ccccc5c4)cc3)nc(-c3cccc4oc5ccc6ccccc6c5c34)n2)cc1. The minimum absolute atomic E-state index is 0.576. The van der Waals surface area contributed by atoms with Gasteiger partial charge in [0.25, 0.3) is 0 Å². The predicted octanol–water partition coefficient (Wildman–Crippen LogP) is 32.2. The Labute approximate surface area is 774 Å². The van der Waals surface area contributed by atoms with E-state index < -0.39 is 0 Å².